The van der Waals surface area contributed by atoms with Gasteiger partial charge in [-0.3, -0.25) is 0 Å². The first-order valence-corrected chi connectivity index (χ1v) is 10.1. The van der Waals surface area contributed by atoms with E-state index < -0.39 is 10.0 Å². The maximum Gasteiger partial charge on any atom is 0.247 e. The summed E-state index contributed by atoms with van der Waals surface area (Å²) in [6.45, 7) is 0.198. The quantitative estimate of drug-likeness (QED) is 0.830. The molecular formula is C19H18N2O4S. The molecule has 0 bridgehead atoms. The molecule has 134 valence electrons. The van der Waals surface area contributed by atoms with Crippen LogP contribution in [0.2, 0.25) is 0 Å². The summed E-state index contributed by atoms with van der Waals surface area (Å²) in [6.07, 6.45) is 5.46. The van der Waals surface area contributed by atoms with Crippen molar-refractivity contribution in [1.82, 2.24) is 4.41 Å². The Morgan fingerprint density at radius 2 is 1.88 bits per heavy atom. The molecule has 0 radical (unpaired) electrons. The molecule has 0 fully saturated rings. The van der Waals surface area contributed by atoms with Crippen LogP contribution in [0.4, 0.5) is 0 Å². The van der Waals surface area contributed by atoms with Crippen LogP contribution in [0.5, 0.6) is 11.5 Å². The molecular weight excluding hydrogens is 352 g/mol. The van der Waals surface area contributed by atoms with E-state index in [1.807, 2.05) is 60.7 Å². The van der Waals surface area contributed by atoms with Crippen LogP contribution >= 0.6 is 0 Å². The second kappa shape index (κ2) is 6.49. The number of hydrazone groups is 1. The van der Waals surface area contributed by atoms with Crippen LogP contribution in [0, 0.1) is 0 Å². The molecule has 0 aromatic heterocycles. The maximum atomic E-state index is 12.2. The lowest BCUT2D eigenvalue weighted by atomic mass is 10.0. The van der Waals surface area contributed by atoms with Crippen LogP contribution in [-0.4, -0.2) is 37.6 Å². The standard InChI is InChI=1S/C19H18N2O4S/c1-26(22,23)21-16(9-7-14-5-3-2-4-6-14)12-17(20-21)15-8-10-18-19(11-15)25-13-24-18/h2-11,16H,12-13H2,1H3/b9-7+/t16-/m1/s1. The number of hydrogen-bond acceptors (Lipinski definition) is 5. The van der Waals surface area contributed by atoms with E-state index in [0.717, 1.165) is 11.1 Å². The minimum Gasteiger partial charge on any atom is -0.454 e. The third-order valence-corrected chi connectivity index (χ3v) is 5.29. The summed E-state index contributed by atoms with van der Waals surface area (Å²) in [4.78, 5) is 0. The molecule has 0 spiro atoms. The summed E-state index contributed by atoms with van der Waals surface area (Å²) in [6, 6.07) is 14.9. The Morgan fingerprint density at radius 1 is 1.12 bits per heavy atom. The summed E-state index contributed by atoms with van der Waals surface area (Å²) < 4.78 is 36.2. The third-order valence-electron chi connectivity index (χ3n) is 4.26. The van der Waals surface area contributed by atoms with Gasteiger partial charge in [0.05, 0.1) is 18.0 Å². The number of sulfonamides is 1. The summed E-state index contributed by atoms with van der Waals surface area (Å²) in [5, 5.41) is 4.36. The molecule has 0 amide bonds. The molecule has 26 heavy (non-hydrogen) atoms. The fraction of sp³-hybridized carbons (Fsp3) is 0.211. The Kier molecular flexibility index (Phi) is 4.16. The zero-order chi connectivity index (χ0) is 18.1. The fourth-order valence-corrected chi connectivity index (χ4v) is 3.89. The predicted octanol–water partition coefficient (Wildman–Crippen LogP) is 2.87. The first kappa shape index (κ1) is 16.7. The van der Waals surface area contributed by atoms with E-state index in [1.165, 1.54) is 10.7 Å². The topological polar surface area (TPSA) is 68.2 Å². The predicted molar refractivity (Wildman–Crippen MR) is 99.7 cm³/mol. The molecule has 0 saturated carbocycles. The molecule has 0 aliphatic carbocycles. The second-order valence-corrected chi connectivity index (χ2v) is 8.03. The van der Waals surface area contributed by atoms with Crippen LogP contribution in [0.3, 0.4) is 0 Å². The highest BCUT2D eigenvalue weighted by atomic mass is 32.2. The molecule has 1 atom stereocenters. The monoisotopic (exact) mass is 370 g/mol. The zero-order valence-electron chi connectivity index (χ0n) is 14.2. The van der Waals surface area contributed by atoms with E-state index in [-0.39, 0.29) is 12.8 Å². The molecule has 2 aliphatic rings. The van der Waals surface area contributed by atoms with Crippen LogP contribution in [0.25, 0.3) is 6.08 Å². The number of ether oxygens (including phenoxy) is 2. The van der Waals surface area contributed by atoms with E-state index in [0.29, 0.717) is 23.6 Å². The molecule has 0 N–H and O–H groups in total. The SMILES string of the molecule is CS(=O)(=O)N1N=C(c2ccc3c(c2)OCO3)C[C@H]1/C=C/c1ccccc1. The highest BCUT2D eigenvalue weighted by molar-refractivity contribution is 7.88. The van der Waals surface area contributed by atoms with Gasteiger partial charge in [0.1, 0.15) is 0 Å². The van der Waals surface area contributed by atoms with E-state index in [4.69, 9.17) is 9.47 Å². The first-order chi connectivity index (χ1) is 12.5. The van der Waals surface area contributed by atoms with Gasteiger partial charge in [-0.15, -0.1) is 0 Å². The lowest BCUT2D eigenvalue weighted by Crippen LogP contribution is -2.30. The highest BCUT2D eigenvalue weighted by Gasteiger charge is 2.32. The van der Waals surface area contributed by atoms with E-state index in [1.54, 1.807) is 0 Å². The second-order valence-electron chi connectivity index (χ2n) is 6.19. The van der Waals surface area contributed by atoms with Gasteiger partial charge in [0.15, 0.2) is 11.5 Å². The van der Waals surface area contributed by atoms with Gasteiger partial charge in [0.2, 0.25) is 16.8 Å². The molecule has 2 aromatic rings. The van der Waals surface area contributed by atoms with Gasteiger partial charge >= 0.3 is 0 Å². The van der Waals surface area contributed by atoms with Crippen LogP contribution < -0.4 is 9.47 Å². The van der Waals surface area contributed by atoms with Gasteiger partial charge < -0.3 is 9.47 Å². The Labute approximate surface area is 152 Å². The van der Waals surface area contributed by atoms with E-state index >= 15 is 0 Å². The summed E-state index contributed by atoms with van der Waals surface area (Å²) in [5.41, 5.74) is 2.55. The van der Waals surface area contributed by atoms with Crippen molar-refractivity contribution >= 4 is 21.8 Å². The van der Waals surface area contributed by atoms with Gasteiger partial charge in [-0.2, -0.15) is 9.52 Å². The van der Waals surface area contributed by atoms with Crippen molar-refractivity contribution in [2.45, 2.75) is 12.5 Å². The largest absolute Gasteiger partial charge is 0.454 e. The van der Waals surface area contributed by atoms with Crippen molar-refractivity contribution in [3.63, 3.8) is 0 Å². The molecule has 4 rings (SSSR count). The molecule has 2 aliphatic heterocycles. The normalized spacial score (nSPS) is 19.2. The summed E-state index contributed by atoms with van der Waals surface area (Å²) in [7, 11) is -3.47. The van der Waals surface area contributed by atoms with Crippen molar-refractivity contribution in [3.8, 4) is 11.5 Å². The number of hydrogen-bond donors (Lipinski definition) is 0. The van der Waals surface area contributed by atoms with Gasteiger partial charge in [0.25, 0.3) is 0 Å². The summed E-state index contributed by atoms with van der Waals surface area (Å²) >= 11 is 0. The Morgan fingerprint density at radius 3 is 2.65 bits per heavy atom. The van der Waals surface area contributed by atoms with Crippen molar-refractivity contribution in [1.29, 1.82) is 0 Å². The van der Waals surface area contributed by atoms with Crippen molar-refractivity contribution in [2.75, 3.05) is 13.0 Å². The van der Waals surface area contributed by atoms with Gasteiger partial charge in [0, 0.05) is 12.0 Å². The maximum absolute atomic E-state index is 12.2. The first-order valence-electron chi connectivity index (χ1n) is 8.21. The Hall–Kier alpha value is -2.80. The fourth-order valence-electron chi connectivity index (χ4n) is 3.01. The van der Waals surface area contributed by atoms with Crippen molar-refractivity contribution < 1.29 is 17.9 Å². The van der Waals surface area contributed by atoms with Crippen molar-refractivity contribution in [3.05, 3.63) is 65.7 Å². The minimum atomic E-state index is -3.47. The van der Waals surface area contributed by atoms with Crippen LogP contribution in [0.15, 0.2) is 59.7 Å². The van der Waals surface area contributed by atoms with E-state index in [2.05, 4.69) is 5.10 Å². The van der Waals surface area contributed by atoms with Crippen LogP contribution in [-0.2, 0) is 10.0 Å². The molecule has 0 saturated heterocycles. The smallest absolute Gasteiger partial charge is 0.247 e. The number of fused-ring (bicyclic) bond motifs is 1. The molecule has 2 aromatic carbocycles. The lowest BCUT2D eigenvalue weighted by Gasteiger charge is -2.17. The number of benzene rings is 2. The summed E-state index contributed by atoms with van der Waals surface area (Å²) in [5.74, 6) is 1.34. The highest BCUT2D eigenvalue weighted by Crippen LogP contribution is 2.34. The molecule has 2 heterocycles. The minimum absolute atomic E-state index is 0.198. The molecule has 7 heteroatoms. The average Bonchev–Trinajstić information content (AvgIpc) is 3.26. The number of rotatable bonds is 4. The Balaban J connectivity index is 1.62. The third kappa shape index (κ3) is 3.30. The number of nitrogens with zero attached hydrogens (tertiary/aromatic N) is 2. The van der Waals surface area contributed by atoms with Crippen molar-refractivity contribution in [2.24, 2.45) is 5.10 Å². The average molecular weight is 370 g/mol. The van der Waals surface area contributed by atoms with Gasteiger partial charge in [-0.25, -0.2) is 8.42 Å². The molecule has 0 unspecified atom stereocenters. The lowest BCUT2D eigenvalue weighted by molar-refractivity contribution is 0.174. The van der Waals surface area contributed by atoms with Crippen LogP contribution in [0.1, 0.15) is 17.5 Å². The molecule has 6 nitrogen and oxygen atoms in total. The zero-order valence-corrected chi connectivity index (χ0v) is 15.0. The van der Waals surface area contributed by atoms with E-state index in [9.17, 15) is 8.42 Å². The van der Waals surface area contributed by atoms with Gasteiger partial charge in [-0.05, 0) is 23.8 Å². The Bertz CT molecular complexity index is 984. The van der Waals surface area contributed by atoms with Gasteiger partial charge in [-0.1, -0.05) is 42.5 Å².